The Hall–Kier alpha value is -9.10. The van der Waals surface area contributed by atoms with E-state index in [9.17, 15) is 10.5 Å². The lowest BCUT2D eigenvalue weighted by Gasteiger charge is -2.27. The predicted molar refractivity (Wildman–Crippen MR) is 267 cm³/mol. The molecular formula is C59H36N6. The Labute approximate surface area is 373 Å². The van der Waals surface area contributed by atoms with Crippen LogP contribution in [0.2, 0.25) is 0 Å². The van der Waals surface area contributed by atoms with E-state index in [0.29, 0.717) is 28.2 Å². The van der Waals surface area contributed by atoms with Gasteiger partial charge in [-0.3, -0.25) is 0 Å². The second-order valence-electron chi connectivity index (χ2n) is 16.7. The van der Waals surface area contributed by atoms with Crippen molar-refractivity contribution in [2.24, 2.45) is 0 Å². The van der Waals surface area contributed by atoms with Crippen molar-refractivity contribution in [2.75, 3.05) is 0 Å². The van der Waals surface area contributed by atoms with E-state index in [1.807, 2.05) is 18.2 Å². The van der Waals surface area contributed by atoms with Crippen LogP contribution in [0.1, 0.15) is 16.7 Å². The molecule has 0 fully saturated rings. The molecule has 0 radical (unpaired) electrons. The molecule has 0 aliphatic heterocycles. The van der Waals surface area contributed by atoms with E-state index in [4.69, 9.17) is 0 Å². The highest BCUT2D eigenvalue weighted by atomic mass is 15.1. The second-order valence-corrected chi connectivity index (χ2v) is 16.7. The van der Waals surface area contributed by atoms with Gasteiger partial charge in [0.15, 0.2) is 0 Å². The maximum Gasteiger partial charge on any atom is 0.104 e. The van der Waals surface area contributed by atoms with E-state index in [1.54, 1.807) is 0 Å². The minimum absolute atomic E-state index is 0.382. The topological polar surface area (TPSA) is 67.3 Å². The Balaban J connectivity index is 1.38. The normalized spacial score (nSPS) is 11.8. The van der Waals surface area contributed by atoms with Crippen molar-refractivity contribution in [3.63, 3.8) is 0 Å². The Morgan fingerprint density at radius 1 is 0.338 bits per heavy atom. The molecule has 65 heavy (non-hydrogen) atoms. The summed E-state index contributed by atoms with van der Waals surface area (Å²) in [5, 5.41) is 32.9. The van der Waals surface area contributed by atoms with Crippen LogP contribution in [-0.2, 0) is 6.42 Å². The van der Waals surface area contributed by atoms with E-state index < -0.39 is 0 Å². The third kappa shape index (κ3) is 4.97. The number of fused-ring (bicyclic) bond motifs is 12. The number of benzene rings is 9. The number of rotatable bonds is 6. The Morgan fingerprint density at radius 3 is 0.938 bits per heavy atom. The predicted octanol–water partition coefficient (Wildman–Crippen LogP) is 14.5. The van der Waals surface area contributed by atoms with Crippen LogP contribution < -0.4 is 0 Å². The lowest BCUT2D eigenvalue weighted by Crippen LogP contribution is -2.16. The van der Waals surface area contributed by atoms with Crippen LogP contribution in [0.15, 0.2) is 201 Å². The zero-order chi connectivity index (χ0) is 43.3. The van der Waals surface area contributed by atoms with Gasteiger partial charge in [-0.2, -0.15) is 10.5 Å². The molecule has 0 aliphatic carbocycles. The van der Waals surface area contributed by atoms with Gasteiger partial charge >= 0.3 is 0 Å². The van der Waals surface area contributed by atoms with Gasteiger partial charge in [-0.15, -0.1) is 6.58 Å². The molecule has 0 amide bonds. The maximum absolute atomic E-state index is 12.2. The zero-order valence-electron chi connectivity index (χ0n) is 35.1. The number of para-hydroxylation sites is 7. The molecule has 6 heteroatoms. The van der Waals surface area contributed by atoms with Crippen LogP contribution in [0, 0.1) is 22.7 Å². The zero-order valence-corrected chi connectivity index (χ0v) is 35.1. The molecule has 13 rings (SSSR count). The molecule has 0 saturated carbocycles. The minimum Gasteiger partial charge on any atom is -0.306 e. The fraction of sp³-hybridized carbons (Fsp3) is 0.0169. The van der Waals surface area contributed by atoms with Crippen molar-refractivity contribution in [1.29, 1.82) is 10.5 Å². The molecule has 9 aromatic carbocycles. The van der Waals surface area contributed by atoms with Gasteiger partial charge in [-0.25, -0.2) is 0 Å². The van der Waals surface area contributed by atoms with Crippen molar-refractivity contribution < 1.29 is 0 Å². The van der Waals surface area contributed by atoms with E-state index >= 15 is 0 Å². The smallest absolute Gasteiger partial charge is 0.104 e. The lowest BCUT2D eigenvalue weighted by atomic mass is 9.98. The minimum atomic E-state index is 0.382. The molecule has 13 aromatic rings. The molecule has 0 N–H and O–H groups in total. The molecular weight excluding hydrogens is 793 g/mol. The van der Waals surface area contributed by atoms with Crippen molar-refractivity contribution in [1.82, 2.24) is 18.3 Å². The van der Waals surface area contributed by atoms with Gasteiger partial charge in [0.05, 0.1) is 66.9 Å². The van der Waals surface area contributed by atoms with Crippen molar-refractivity contribution in [3.05, 3.63) is 217 Å². The third-order valence-corrected chi connectivity index (χ3v) is 13.4. The van der Waals surface area contributed by atoms with Gasteiger partial charge in [-0.1, -0.05) is 140 Å². The van der Waals surface area contributed by atoms with E-state index in [1.165, 1.54) is 0 Å². The maximum atomic E-state index is 12.2. The van der Waals surface area contributed by atoms with Crippen molar-refractivity contribution in [2.45, 2.75) is 6.42 Å². The van der Waals surface area contributed by atoms with Gasteiger partial charge in [-0.05, 0) is 66.6 Å². The van der Waals surface area contributed by atoms with Gasteiger partial charge in [0, 0.05) is 43.1 Å². The SMILES string of the molecule is C=CCc1ccc2c(c1)c1ccccc1n2-c1c(C#N)c(-n2c3ccccc3c3ccccc32)c(C#N)c(-n2c3ccccc3c3ccccc32)c1-n1c2ccccc2c2ccccc21. The number of hydrogen-bond acceptors (Lipinski definition) is 2. The highest BCUT2D eigenvalue weighted by Crippen LogP contribution is 2.48. The van der Waals surface area contributed by atoms with Gasteiger partial charge in [0.2, 0.25) is 0 Å². The summed E-state index contributed by atoms with van der Waals surface area (Å²) in [7, 11) is 0. The summed E-state index contributed by atoms with van der Waals surface area (Å²) in [4.78, 5) is 0. The summed E-state index contributed by atoms with van der Waals surface area (Å²) in [6.07, 6.45) is 2.66. The molecule has 0 unspecified atom stereocenters. The number of nitrogens with zero attached hydrogens (tertiary/aromatic N) is 6. The molecule has 0 atom stereocenters. The monoisotopic (exact) mass is 828 g/mol. The highest BCUT2D eigenvalue weighted by molar-refractivity contribution is 6.16. The molecule has 0 saturated heterocycles. The molecule has 4 aromatic heterocycles. The van der Waals surface area contributed by atoms with Crippen molar-refractivity contribution in [3.8, 4) is 34.9 Å². The highest BCUT2D eigenvalue weighted by Gasteiger charge is 2.34. The lowest BCUT2D eigenvalue weighted by molar-refractivity contribution is 1.02. The average Bonchev–Trinajstić information content (AvgIpc) is 4.08. The van der Waals surface area contributed by atoms with Crippen molar-refractivity contribution >= 4 is 87.2 Å². The number of nitriles is 2. The molecule has 0 bridgehead atoms. The van der Waals surface area contributed by atoms with Crippen LogP contribution >= 0.6 is 0 Å². The first-order valence-electron chi connectivity index (χ1n) is 21.8. The fourth-order valence-electron chi connectivity index (χ4n) is 10.8. The van der Waals surface area contributed by atoms with Crippen LogP contribution in [0.4, 0.5) is 0 Å². The molecule has 6 nitrogen and oxygen atoms in total. The van der Waals surface area contributed by atoms with Gasteiger partial charge in [0.25, 0.3) is 0 Å². The van der Waals surface area contributed by atoms with Crippen LogP contribution in [0.3, 0.4) is 0 Å². The summed E-state index contributed by atoms with van der Waals surface area (Å²) in [6, 6.07) is 71.2. The molecule has 302 valence electrons. The second kappa shape index (κ2) is 14.0. The van der Waals surface area contributed by atoms with E-state index in [-0.39, 0.29) is 0 Å². The third-order valence-electron chi connectivity index (χ3n) is 13.4. The van der Waals surface area contributed by atoms with Gasteiger partial charge < -0.3 is 18.3 Å². The first kappa shape index (κ1) is 36.5. The fourth-order valence-corrected chi connectivity index (χ4v) is 10.8. The standard InChI is InChI=1S/C59H36N6/c1-2-17-37-32-33-55-45(34-37)44-24-9-16-31-54(44)64(55)58-47(36-61)56(62-48-25-10-3-18-38(48)39-19-4-11-26-49(39)62)46(35-60)57(63-50-27-12-5-20-40(50)41-21-6-13-28-51(41)63)59(58)65-52-29-14-7-22-42(52)43-23-8-15-30-53(43)65/h2-16,18-34H,1,17H2. The summed E-state index contributed by atoms with van der Waals surface area (Å²) >= 11 is 0. The number of aromatic nitrogens is 4. The summed E-state index contributed by atoms with van der Waals surface area (Å²) in [5.74, 6) is 0. The average molecular weight is 829 g/mol. The molecule has 0 aliphatic rings. The summed E-state index contributed by atoms with van der Waals surface area (Å²) in [6.45, 7) is 4.06. The first-order valence-corrected chi connectivity index (χ1v) is 21.8. The van der Waals surface area contributed by atoms with Crippen LogP contribution in [-0.4, -0.2) is 18.3 Å². The van der Waals surface area contributed by atoms with E-state index in [0.717, 1.165) is 105 Å². The Morgan fingerprint density at radius 2 is 0.615 bits per heavy atom. The largest absolute Gasteiger partial charge is 0.306 e. The first-order chi connectivity index (χ1) is 32.2. The molecule has 4 heterocycles. The van der Waals surface area contributed by atoms with Gasteiger partial charge in [0.1, 0.15) is 23.3 Å². The number of allylic oxidation sites excluding steroid dienone is 1. The van der Waals surface area contributed by atoms with Crippen LogP contribution in [0.5, 0.6) is 0 Å². The summed E-state index contributed by atoms with van der Waals surface area (Å²) < 4.78 is 9.03. The van der Waals surface area contributed by atoms with Crippen LogP contribution in [0.25, 0.3) is 110 Å². The molecule has 0 spiro atoms. The number of hydrogen-bond donors (Lipinski definition) is 0. The summed E-state index contributed by atoms with van der Waals surface area (Å²) in [5.41, 5.74) is 12.0. The Bertz CT molecular complexity index is 4110. The quantitative estimate of drug-likeness (QED) is 0.157. The Kier molecular flexibility index (Phi) is 7.85. The van der Waals surface area contributed by atoms with E-state index in [2.05, 4.69) is 213 Å².